The Morgan fingerprint density at radius 3 is 2.36 bits per heavy atom. The summed E-state index contributed by atoms with van der Waals surface area (Å²) in [6.45, 7) is 2.19. The van der Waals surface area contributed by atoms with E-state index in [1.165, 1.54) is 0 Å². The average molecular weight is 278 g/mol. The molecule has 5 heteroatoms. The van der Waals surface area contributed by atoms with Gasteiger partial charge in [-0.25, -0.2) is 13.1 Å². The van der Waals surface area contributed by atoms with Crippen LogP contribution in [0.15, 0.2) is 28.7 Å². The van der Waals surface area contributed by atoms with Crippen LogP contribution in [-0.4, -0.2) is 15.0 Å². The number of hydrogen-bond donors (Lipinski definition) is 1. The van der Waals surface area contributed by atoms with Crippen molar-refractivity contribution in [2.24, 2.45) is 0 Å². The maximum Gasteiger partial charge on any atom is 0.215 e. The summed E-state index contributed by atoms with van der Waals surface area (Å²) in [4.78, 5) is 0. The molecule has 0 saturated heterocycles. The first kappa shape index (κ1) is 11.7. The van der Waals surface area contributed by atoms with Gasteiger partial charge in [-0.15, -0.1) is 0 Å². The van der Waals surface area contributed by atoms with E-state index in [4.69, 9.17) is 0 Å². The van der Waals surface area contributed by atoms with E-state index in [1.807, 2.05) is 12.1 Å². The average Bonchev–Trinajstić information content (AvgIpc) is 2.08. The van der Waals surface area contributed by atoms with E-state index in [2.05, 4.69) is 20.7 Å². The van der Waals surface area contributed by atoms with Crippen molar-refractivity contribution in [2.75, 3.05) is 6.54 Å². The molecule has 1 N–H and O–H groups in total. The number of nitrogens with one attached hydrogen (secondary N) is 1. The zero-order valence-electron chi connectivity index (χ0n) is 7.83. The summed E-state index contributed by atoms with van der Waals surface area (Å²) in [6, 6.07) is 7.24. The van der Waals surface area contributed by atoms with Crippen molar-refractivity contribution in [2.45, 2.75) is 12.7 Å². The van der Waals surface area contributed by atoms with Crippen LogP contribution in [0.3, 0.4) is 0 Å². The first-order valence-corrected chi connectivity index (χ1v) is 6.70. The molecule has 1 aromatic rings. The van der Waals surface area contributed by atoms with Crippen molar-refractivity contribution >= 4 is 26.0 Å². The van der Waals surface area contributed by atoms with Crippen molar-refractivity contribution < 1.29 is 8.42 Å². The lowest BCUT2D eigenvalue weighted by Gasteiger charge is -2.04. The number of rotatable bonds is 4. The molecule has 1 aromatic carbocycles. The third-order valence-electron chi connectivity index (χ3n) is 1.63. The molecule has 1 rings (SSSR count). The quantitative estimate of drug-likeness (QED) is 0.914. The zero-order chi connectivity index (χ0) is 10.6. The molecule has 0 radical (unpaired) electrons. The molecular formula is C9H12BrNO2S. The minimum absolute atomic E-state index is 0.0358. The summed E-state index contributed by atoms with van der Waals surface area (Å²) in [5.74, 6) is 0.0358. The van der Waals surface area contributed by atoms with Gasteiger partial charge >= 0.3 is 0 Å². The molecule has 0 fully saturated rings. The zero-order valence-corrected chi connectivity index (χ0v) is 10.2. The Bertz CT molecular complexity index is 386. The van der Waals surface area contributed by atoms with Gasteiger partial charge in [0.1, 0.15) is 0 Å². The lowest BCUT2D eigenvalue weighted by molar-refractivity contribution is 0.583. The number of halogens is 1. The Morgan fingerprint density at radius 2 is 1.86 bits per heavy atom. The Hall–Kier alpha value is -0.390. The molecule has 0 heterocycles. The van der Waals surface area contributed by atoms with Crippen LogP contribution in [0.1, 0.15) is 12.5 Å². The molecule has 0 aliphatic carbocycles. The van der Waals surface area contributed by atoms with Crippen LogP contribution in [0.25, 0.3) is 0 Å². The Labute approximate surface area is 92.7 Å². The monoisotopic (exact) mass is 277 g/mol. The highest BCUT2D eigenvalue weighted by Crippen LogP contribution is 2.12. The highest BCUT2D eigenvalue weighted by Gasteiger charge is 2.08. The van der Waals surface area contributed by atoms with Gasteiger partial charge in [0, 0.05) is 11.0 Å². The van der Waals surface area contributed by atoms with Crippen molar-refractivity contribution in [1.82, 2.24) is 4.72 Å². The second-order valence-corrected chi connectivity index (χ2v) is 5.61. The fourth-order valence-corrected chi connectivity index (χ4v) is 2.51. The maximum absolute atomic E-state index is 11.4. The molecule has 0 saturated carbocycles. The molecule has 0 amide bonds. The van der Waals surface area contributed by atoms with Gasteiger partial charge in [-0.1, -0.05) is 35.0 Å². The lowest BCUT2D eigenvalue weighted by Crippen LogP contribution is -2.24. The fraction of sp³-hybridized carbons (Fsp3) is 0.333. The summed E-state index contributed by atoms with van der Waals surface area (Å²) in [6.07, 6.45) is 0. The molecule has 0 aromatic heterocycles. The number of sulfonamides is 1. The van der Waals surface area contributed by atoms with Crippen LogP contribution in [0.5, 0.6) is 0 Å². The molecule has 0 atom stereocenters. The molecule has 0 spiro atoms. The third kappa shape index (κ3) is 3.77. The fourth-order valence-electron chi connectivity index (χ4n) is 1.07. The van der Waals surface area contributed by atoms with Crippen LogP contribution in [0.2, 0.25) is 0 Å². The van der Waals surface area contributed by atoms with Crippen LogP contribution in [-0.2, 0) is 15.8 Å². The minimum Gasteiger partial charge on any atom is -0.215 e. The van der Waals surface area contributed by atoms with Gasteiger partial charge in [0.2, 0.25) is 10.0 Å². The molecule has 0 aliphatic rings. The van der Waals surface area contributed by atoms with Gasteiger partial charge in [0.25, 0.3) is 0 Å². The predicted molar refractivity (Wildman–Crippen MR) is 60.4 cm³/mol. The Kier molecular flexibility index (Phi) is 4.10. The largest absolute Gasteiger partial charge is 0.215 e. The first-order chi connectivity index (χ1) is 6.53. The summed E-state index contributed by atoms with van der Waals surface area (Å²) in [7, 11) is -3.16. The van der Waals surface area contributed by atoms with Gasteiger partial charge < -0.3 is 0 Å². The molecule has 3 nitrogen and oxygen atoms in total. The summed E-state index contributed by atoms with van der Waals surface area (Å²) in [5, 5.41) is 0. The summed E-state index contributed by atoms with van der Waals surface area (Å²) in [5.41, 5.74) is 0.786. The van der Waals surface area contributed by atoms with Gasteiger partial charge in [0.15, 0.2) is 0 Å². The smallest absolute Gasteiger partial charge is 0.215 e. The SMILES string of the molecule is CCNS(=O)(=O)Cc1ccc(Br)cc1. The standard InChI is InChI=1S/C9H12BrNO2S/c1-2-11-14(12,13)7-8-3-5-9(10)6-4-8/h3-6,11H,2,7H2,1H3. The van der Waals surface area contributed by atoms with Crippen LogP contribution in [0, 0.1) is 0 Å². The van der Waals surface area contributed by atoms with Gasteiger partial charge in [-0.2, -0.15) is 0 Å². The topological polar surface area (TPSA) is 46.2 Å². The van der Waals surface area contributed by atoms with E-state index >= 15 is 0 Å². The minimum atomic E-state index is -3.16. The van der Waals surface area contributed by atoms with Crippen LogP contribution in [0.4, 0.5) is 0 Å². The van der Waals surface area contributed by atoms with Gasteiger partial charge in [-0.05, 0) is 17.7 Å². The molecule has 0 unspecified atom stereocenters. The van der Waals surface area contributed by atoms with E-state index in [-0.39, 0.29) is 5.75 Å². The van der Waals surface area contributed by atoms with Gasteiger partial charge in [0.05, 0.1) is 5.75 Å². The van der Waals surface area contributed by atoms with Crippen molar-refractivity contribution in [3.63, 3.8) is 0 Å². The van der Waals surface area contributed by atoms with E-state index < -0.39 is 10.0 Å². The van der Waals surface area contributed by atoms with Crippen molar-refractivity contribution in [3.05, 3.63) is 34.3 Å². The highest BCUT2D eigenvalue weighted by atomic mass is 79.9. The van der Waals surface area contributed by atoms with E-state index in [1.54, 1.807) is 19.1 Å². The van der Waals surface area contributed by atoms with E-state index in [9.17, 15) is 8.42 Å². The van der Waals surface area contributed by atoms with Crippen molar-refractivity contribution in [3.8, 4) is 0 Å². The van der Waals surface area contributed by atoms with Crippen molar-refractivity contribution in [1.29, 1.82) is 0 Å². The third-order valence-corrected chi connectivity index (χ3v) is 3.60. The van der Waals surface area contributed by atoms with Gasteiger partial charge in [-0.3, -0.25) is 0 Å². The normalized spacial score (nSPS) is 11.6. The maximum atomic E-state index is 11.4. The number of hydrogen-bond acceptors (Lipinski definition) is 2. The highest BCUT2D eigenvalue weighted by molar-refractivity contribution is 9.10. The lowest BCUT2D eigenvalue weighted by atomic mass is 10.2. The predicted octanol–water partition coefficient (Wildman–Crippen LogP) is 1.89. The van der Waals surface area contributed by atoms with Crippen LogP contribution < -0.4 is 4.72 Å². The molecule has 0 aliphatic heterocycles. The molecule has 14 heavy (non-hydrogen) atoms. The Morgan fingerprint density at radius 1 is 1.29 bits per heavy atom. The molecular weight excluding hydrogens is 266 g/mol. The molecule has 0 bridgehead atoms. The Balaban J connectivity index is 2.74. The number of benzene rings is 1. The van der Waals surface area contributed by atoms with Crippen LogP contribution >= 0.6 is 15.9 Å². The second kappa shape index (κ2) is 4.91. The summed E-state index contributed by atoms with van der Waals surface area (Å²) < 4.78 is 26.1. The molecule has 78 valence electrons. The van der Waals surface area contributed by atoms with E-state index in [0.717, 1.165) is 10.0 Å². The van der Waals surface area contributed by atoms with E-state index in [0.29, 0.717) is 6.54 Å². The first-order valence-electron chi connectivity index (χ1n) is 4.25. The summed E-state index contributed by atoms with van der Waals surface area (Å²) >= 11 is 3.29. The second-order valence-electron chi connectivity index (χ2n) is 2.88.